The molecule has 1 N–H and O–H groups in total. The van der Waals surface area contributed by atoms with Gasteiger partial charge in [0.05, 0.1) is 12.2 Å². The van der Waals surface area contributed by atoms with E-state index in [1.807, 2.05) is 6.07 Å². The Bertz CT molecular complexity index is 990. The molecule has 0 radical (unpaired) electrons. The highest BCUT2D eigenvalue weighted by Crippen LogP contribution is 2.41. The Morgan fingerprint density at radius 3 is 2.42 bits per heavy atom. The number of nitrogens with one attached hydrogen (secondary N) is 1. The van der Waals surface area contributed by atoms with Crippen LogP contribution in [-0.2, 0) is 11.3 Å². The first-order chi connectivity index (χ1) is 15.0. The van der Waals surface area contributed by atoms with Crippen molar-refractivity contribution >= 4 is 17.5 Å². The fourth-order valence-electron chi connectivity index (χ4n) is 4.94. The van der Waals surface area contributed by atoms with Gasteiger partial charge in [0.15, 0.2) is 0 Å². The Kier molecular flexibility index (Phi) is 5.07. The van der Waals surface area contributed by atoms with E-state index >= 15 is 0 Å². The number of amides is 2. The number of hydrogen-bond donors (Lipinski definition) is 1. The van der Waals surface area contributed by atoms with Gasteiger partial charge in [0.1, 0.15) is 17.1 Å². The number of benzene rings is 1. The number of hydrogen-bond acceptors (Lipinski definition) is 3. The van der Waals surface area contributed by atoms with Crippen LogP contribution in [0.5, 0.6) is 0 Å². The topological polar surface area (TPSA) is 67.2 Å². The largest absolute Gasteiger partial charge is 0.351 e. The molecule has 0 bridgehead atoms. The molecule has 0 saturated heterocycles. The molecule has 1 aromatic heterocycles. The fourth-order valence-corrected chi connectivity index (χ4v) is 4.94. The van der Waals surface area contributed by atoms with Gasteiger partial charge in [-0.3, -0.25) is 19.2 Å². The molecular formula is C24H29FN4O2. The lowest BCUT2D eigenvalue weighted by molar-refractivity contribution is -0.127. The third-order valence-electron chi connectivity index (χ3n) is 6.93. The number of nitrogens with zero attached hydrogens (tertiary/aromatic N) is 3. The van der Waals surface area contributed by atoms with Gasteiger partial charge in [0.25, 0.3) is 5.91 Å². The van der Waals surface area contributed by atoms with Crippen molar-refractivity contribution in [3.8, 4) is 0 Å². The normalized spacial score (nSPS) is 24.6. The lowest BCUT2D eigenvalue weighted by Gasteiger charge is -2.43. The SMILES string of the molecule is CC1(C(=O)NC2CCCCCC2)Cn2nc(C3CC3)cc2C(=O)N1c1ccc(F)cc1. The minimum atomic E-state index is -1.15. The van der Waals surface area contributed by atoms with Gasteiger partial charge in [0, 0.05) is 17.6 Å². The first kappa shape index (κ1) is 20.2. The van der Waals surface area contributed by atoms with Crippen LogP contribution in [0.3, 0.4) is 0 Å². The molecule has 3 aliphatic rings. The summed E-state index contributed by atoms with van der Waals surface area (Å²) in [5.74, 6) is -0.405. The maximum atomic E-state index is 13.6. The van der Waals surface area contributed by atoms with Crippen molar-refractivity contribution in [3.05, 3.63) is 47.5 Å². The van der Waals surface area contributed by atoms with Crippen LogP contribution in [0.2, 0.25) is 0 Å². The van der Waals surface area contributed by atoms with Crippen molar-refractivity contribution in [1.29, 1.82) is 0 Å². The molecule has 164 valence electrons. The van der Waals surface area contributed by atoms with Crippen LogP contribution in [0, 0.1) is 5.82 Å². The Hall–Kier alpha value is -2.70. The van der Waals surface area contributed by atoms with Crippen LogP contribution in [-0.4, -0.2) is 33.2 Å². The van der Waals surface area contributed by atoms with Gasteiger partial charge in [-0.2, -0.15) is 5.10 Å². The molecule has 0 spiro atoms. The van der Waals surface area contributed by atoms with E-state index in [4.69, 9.17) is 0 Å². The molecule has 2 aliphatic carbocycles. The quantitative estimate of drug-likeness (QED) is 0.750. The highest BCUT2D eigenvalue weighted by molar-refractivity contribution is 6.11. The van der Waals surface area contributed by atoms with Crippen LogP contribution >= 0.6 is 0 Å². The van der Waals surface area contributed by atoms with Crippen molar-refractivity contribution < 1.29 is 14.0 Å². The smallest absolute Gasteiger partial charge is 0.277 e. The molecule has 5 rings (SSSR count). The zero-order valence-corrected chi connectivity index (χ0v) is 17.9. The number of carbonyl (C=O) groups is 2. The molecule has 2 fully saturated rings. The Labute approximate surface area is 181 Å². The van der Waals surface area contributed by atoms with Crippen molar-refractivity contribution in [1.82, 2.24) is 15.1 Å². The van der Waals surface area contributed by atoms with Crippen LogP contribution in [0.25, 0.3) is 0 Å². The zero-order chi connectivity index (χ0) is 21.6. The van der Waals surface area contributed by atoms with Crippen LogP contribution in [0.1, 0.15) is 80.4 Å². The molecule has 6 nitrogen and oxygen atoms in total. The predicted octanol–water partition coefficient (Wildman–Crippen LogP) is 4.16. The lowest BCUT2D eigenvalue weighted by Crippen LogP contribution is -2.65. The molecule has 1 aromatic carbocycles. The van der Waals surface area contributed by atoms with Gasteiger partial charge in [0.2, 0.25) is 5.91 Å². The van der Waals surface area contributed by atoms with Crippen molar-refractivity contribution in [2.45, 2.75) is 82.3 Å². The van der Waals surface area contributed by atoms with Gasteiger partial charge in [-0.05, 0) is 62.9 Å². The second-order valence-electron chi connectivity index (χ2n) is 9.44. The lowest BCUT2D eigenvalue weighted by atomic mass is 9.93. The van der Waals surface area contributed by atoms with E-state index in [0.717, 1.165) is 44.2 Å². The summed E-state index contributed by atoms with van der Waals surface area (Å²) in [6, 6.07) is 7.77. The van der Waals surface area contributed by atoms with Crippen LogP contribution < -0.4 is 10.2 Å². The van der Waals surface area contributed by atoms with Crippen molar-refractivity contribution in [2.75, 3.05) is 4.90 Å². The summed E-state index contributed by atoms with van der Waals surface area (Å²) in [5.41, 5.74) is 0.785. The minimum absolute atomic E-state index is 0.123. The molecular weight excluding hydrogens is 395 g/mol. The fraction of sp³-hybridized carbons (Fsp3) is 0.542. The van der Waals surface area contributed by atoms with Crippen LogP contribution in [0.15, 0.2) is 30.3 Å². The summed E-state index contributed by atoms with van der Waals surface area (Å²) in [6.45, 7) is 2.07. The van der Waals surface area contributed by atoms with Gasteiger partial charge >= 0.3 is 0 Å². The van der Waals surface area contributed by atoms with E-state index in [0.29, 0.717) is 17.3 Å². The van der Waals surface area contributed by atoms with E-state index in [1.54, 1.807) is 23.7 Å². The second kappa shape index (κ2) is 7.77. The Balaban J connectivity index is 1.51. The molecule has 1 atom stereocenters. The summed E-state index contributed by atoms with van der Waals surface area (Å²) in [4.78, 5) is 28.8. The summed E-state index contributed by atoms with van der Waals surface area (Å²) < 4.78 is 15.3. The van der Waals surface area contributed by atoms with E-state index in [9.17, 15) is 14.0 Å². The molecule has 2 aromatic rings. The molecule has 2 amide bonds. The molecule has 31 heavy (non-hydrogen) atoms. The first-order valence-corrected chi connectivity index (χ1v) is 11.4. The monoisotopic (exact) mass is 424 g/mol. The average Bonchev–Trinajstić information content (AvgIpc) is 3.55. The summed E-state index contributed by atoms with van der Waals surface area (Å²) >= 11 is 0. The van der Waals surface area contributed by atoms with E-state index < -0.39 is 5.54 Å². The van der Waals surface area contributed by atoms with Crippen LogP contribution in [0.4, 0.5) is 10.1 Å². The minimum Gasteiger partial charge on any atom is -0.351 e. The number of anilines is 1. The molecule has 2 saturated carbocycles. The summed E-state index contributed by atoms with van der Waals surface area (Å²) in [6.07, 6.45) is 8.72. The summed E-state index contributed by atoms with van der Waals surface area (Å²) in [5, 5.41) is 7.90. The Morgan fingerprint density at radius 1 is 1.10 bits per heavy atom. The third kappa shape index (κ3) is 3.75. The zero-order valence-electron chi connectivity index (χ0n) is 17.9. The van der Waals surface area contributed by atoms with Gasteiger partial charge in [-0.25, -0.2) is 4.39 Å². The number of halogens is 1. The van der Waals surface area contributed by atoms with Gasteiger partial charge in [-0.15, -0.1) is 0 Å². The van der Waals surface area contributed by atoms with Gasteiger partial charge < -0.3 is 5.32 Å². The number of rotatable bonds is 4. The molecule has 7 heteroatoms. The number of carbonyl (C=O) groups excluding carboxylic acids is 2. The van der Waals surface area contributed by atoms with E-state index in [1.165, 1.54) is 29.9 Å². The van der Waals surface area contributed by atoms with E-state index in [-0.39, 0.29) is 30.2 Å². The third-order valence-corrected chi connectivity index (χ3v) is 6.93. The average molecular weight is 425 g/mol. The maximum absolute atomic E-state index is 13.6. The van der Waals surface area contributed by atoms with Crippen molar-refractivity contribution in [2.24, 2.45) is 0 Å². The van der Waals surface area contributed by atoms with Crippen molar-refractivity contribution in [3.63, 3.8) is 0 Å². The molecule has 2 heterocycles. The molecule has 1 unspecified atom stereocenters. The van der Waals surface area contributed by atoms with E-state index in [2.05, 4.69) is 10.4 Å². The first-order valence-electron chi connectivity index (χ1n) is 11.4. The maximum Gasteiger partial charge on any atom is 0.277 e. The van der Waals surface area contributed by atoms with Gasteiger partial charge in [-0.1, -0.05) is 25.7 Å². The standard InChI is InChI=1S/C24H29FN4O2/c1-24(23(31)26-18-6-4-2-3-5-7-18)15-28-21(14-20(27-28)16-8-9-16)22(30)29(24)19-12-10-17(25)11-13-19/h10-14,16,18H,2-9,15H2,1H3,(H,26,31). The number of aromatic nitrogens is 2. The summed E-state index contributed by atoms with van der Waals surface area (Å²) in [7, 11) is 0. The highest BCUT2D eigenvalue weighted by Gasteiger charge is 2.49. The predicted molar refractivity (Wildman–Crippen MR) is 115 cm³/mol. The molecule has 1 aliphatic heterocycles. The Morgan fingerprint density at radius 2 is 1.77 bits per heavy atom. The highest BCUT2D eigenvalue weighted by atomic mass is 19.1. The number of fused-ring (bicyclic) bond motifs is 1. The second-order valence-corrected chi connectivity index (χ2v) is 9.44.